The molecular weight excluding hydrogens is 293 g/mol. The minimum Gasteiger partial charge on any atom is -0.381 e. The summed E-state index contributed by atoms with van der Waals surface area (Å²) in [6.45, 7) is 0.823. The van der Waals surface area contributed by atoms with E-state index in [2.05, 4.69) is 5.32 Å². The number of benzene rings is 1. The van der Waals surface area contributed by atoms with Crippen LogP contribution in [0.1, 0.15) is 44.9 Å². The van der Waals surface area contributed by atoms with Crippen molar-refractivity contribution >= 4 is 28.9 Å². The van der Waals surface area contributed by atoms with Crippen LogP contribution in [0.15, 0.2) is 18.2 Å². The van der Waals surface area contributed by atoms with Crippen LogP contribution in [0.2, 0.25) is 10.0 Å². The number of rotatable bonds is 3. The molecule has 110 valence electrons. The molecule has 1 aliphatic heterocycles. The lowest BCUT2D eigenvalue weighted by atomic mass is 9.83. The zero-order chi connectivity index (χ0) is 14.0. The summed E-state index contributed by atoms with van der Waals surface area (Å²) < 4.78 is 6.34. The lowest BCUT2D eigenvalue weighted by Gasteiger charge is -2.33. The number of hydrogen-bond acceptors (Lipinski definition) is 2. The van der Waals surface area contributed by atoms with Crippen LogP contribution >= 0.6 is 23.2 Å². The van der Waals surface area contributed by atoms with Gasteiger partial charge in [-0.25, -0.2) is 0 Å². The number of nitrogens with one attached hydrogen (secondary N) is 1. The first-order valence-corrected chi connectivity index (χ1v) is 8.29. The normalized spacial score (nSPS) is 25.0. The van der Waals surface area contributed by atoms with Crippen LogP contribution in [-0.2, 0) is 4.74 Å². The third-order valence-corrected chi connectivity index (χ3v) is 5.10. The van der Waals surface area contributed by atoms with E-state index < -0.39 is 0 Å². The Hall–Kier alpha value is -0.440. The highest BCUT2D eigenvalue weighted by Gasteiger charge is 2.40. The number of hydrogen-bond donors (Lipinski definition) is 1. The average Bonchev–Trinajstić information content (AvgIpc) is 2.82. The average molecular weight is 314 g/mol. The standard InChI is InChI=1S/C16H21Cl2NO/c17-12-4-5-15(14(18)10-12)19-11-13-6-9-16(20-13)7-2-1-3-8-16/h4-5,10,13,19H,1-3,6-9,11H2. The predicted molar refractivity (Wildman–Crippen MR) is 84.9 cm³/mol. The maximum atomic E-state index is 6.34. The summed E-state index contributed by atoms with van der Waals surface area (Å²) in [6, 6.07) is 5.55. The highest BCUT2D eigenvalue weighted by Crippen LogP contribution is 2.42. The topological polar surface area (TPSA) is 21.3 Å². The molecule has 1 unspecified atom stereocenters. The summed E-state index contributed by atoms with van der Waals surface area (Å²) in [4.78, 5) is 0. The molecule has 1 atom stereocenters. The minimum absolute atomic E-state index is 0.189. The van der Waals surface area contributed by atoms with Gasteiger partial charge in [-0.05, 0) is 43.9 Å². The van der Waals surface area contributed by atoms with Gasteiger partial charge in [-0.3, -0.25) is 0 Å². The third-order valence-electron chi connectivity index (χ3n) is 4.55. The Morgan fingerprint density at radius 3 is 2.70 bits per heavy atom. The SMILES string of the molecule is Clc1ccc(NCC2CCC3(CCCCC3)O2)c(Cl)c1. The molecule has 1 spiro atoms. The van der Waals surface area contributed by atoms with E-state index in [1.54, 1.807) is 6.07 Å². The third kappa shape index (κ3) is 3.24. The second kappa shape index (κ2) is 6.13. The van der Waals surface area contributed by atoms with Crippen molar-refractivity contribution in [2.24, 2.45) is 0 Å². The van der Waals surface area contributed by atoms with Gasteiger partial charge < -0.3 is 10.1 Å². The van der Waals surface area contributed by atoms with E-state index in [1.165, 1.54) is 38.5 Å². The summed E-state index contributed by atoms with van der Waals surface area (Å²) in [7, 11) is 0. The highest BCUT2D eigenvalue weighted by atomic mass is 35.5. The molecule has 0 radical (unpaired) electrons. The van der Waals surface area contributed by atoms with Crippen LogP contribution in [-0.4, -0.2) is 18.2 Å². The maximum Gasteiger partial charge on any atom is 0.0756 e. The molecule has 1 saturated heterocycles. The van der Waals surface area contributed by atoms with Crippen molar-refractivity contribution in [1.82, 2.24) is 0 Å². The number of anilines is 1. The molecule has 1 heterocycles. The summed E-state index contributed by atoms with van der Waals surface area (Å²) in [5, 5.41) is 4.72. The van der Waals surface area contributed by atoms with Crippen molar-refractivity contribution in [1.29, 1.82) is 0 Å². The fraction of sp³-hybridized carbons (Fsp3) is 0.625. The molecule has 20 heavy (non-hydrogen) atoms. The second-order valence-corrected chi connectivity index (χ2v) is 6.87. The Kier molecular flexibility index (Phi) is 4.44. The largest absolute Gasteiger partial charge is 0.381 e. The summed E-state index contributed by atoms with van der Waals surface area (Å²) in [5.74, 6) is 0. The smallest absolute Gasteiger partial charge is 0.0756 e. The minimum atomic E-state index is 0.189. The fourth-order valence-electron chi connectivity index (χ4n) is 3.46. The van der Waals surface area contributed by atoms with Gasteiger partial charge in [0.1, 0.15) is 0 Å². The van der Waals surface area contributed by atoms with Crippen molar-refractivity contribution in [2.45, 2.75) is 56.7 Å². The van der Waals surface area contributed by atoms with Crippen molar-refractivity contribution < 1.29 is 4.74 Å². The molecule has 2 aliphatic rings. The lowest BCUT2D eigenvalue weighted by Crippen LogP contribution is -2.33. The van der Waals surface area contributed by atoms with Gasteiger partial charge in [0.25, 0.3) is 0 Å². The number of halogens is 2. The van der Waals surface area contributed by atoms with Crippen LogP contribution in [0, 0.1) is 0 Å². The van der Waals surface area contributed by atoms with Gasteiger partial charge in [0.15, 0.2) is 0 Å². The predicted octanol–water partition coefficient (Wildman–Crippen LogP) is 5.29. The van der Waals surface area contributed by atoms with Gasteiger partial charge in [0, 0.05) is 11.6 Å². The Morgan fingerprint density at radius 2 is 1.95 bits per heavy atom. The maximum absolute atomic E-state index is 6.34. The Bertz CT molecular complexity index is 472. The Labute approximate surface area is 130 Å². The van der Waals surface area contributed by atoms with Gasteiger partial charge in [-0.1, -0.05) is 42.5 Å². The van der Waals surface area contributed by atoms with Crippen molar-refractivity contribution in [3.05, 3.63) is 28.2 Å². The van der Waals surface area contributed by atoms with Gasteiger partial charge in [-0.2, -0.15) is 0 Å². The van der Waals surface area contributed by atoms with E-state index in [1.807, 2.05) is 12.1 Å². The molecule has 3 rings (SSSR count). The van der Waals surface area contributed by atoms with E-state index >= 15 is 0 Å². The molecule has 1 saturated carbocycles. The fourth-order valence-corrected chi connectivity index (χ4v) is 3.94. The first-order chi connectivity index (χ1) is 9.67. The molecule has 1 aromatic carbocycles. The molecular formula is C16H21Cl2NO. The van der Waals surface area contributed by atoms with Gasteiger partial charge in [0.05, 0.1) is 22.4 Å². The molecule has 1 aliphatic carbocycles. The highest BCUT2D eigenvalue weighted by molar-refractivity contribution is 6.36. The van der Waals surface area contributed by atoms with E-state index in [4.69, 9.17) is 27.9 Å². The van der Waals surface area contributed by atoms with Gasteiger partial charge >= 0.3 is 0 Å². The van der Waals surface area contributed by atoms with E-state index in [-0.39, 0.29) is 5.60 Å². The van der Waals surface area contributed by atoms with E-state index in [0.717, 1.165) is 18.7 Å². The van der Waals surface area contributed by atoms with E-state index in [9.17, 15) is 0 Å². The second-order valence-electron chi connectivity index (χ2n) is 6.03. The molecule has 2 fully saturated rings. The molecule has 1 aromatic rings. The quantitative estimate of drug-likeness (QED) is 0.819. The van der Waals surface area contributed by atoms with Crippen molar-refractivity contribution in [3.63, 3.8) is 0 Å². The molecule has 4 heteroatoms. The zero-order valence-electron chi connectivity index (χ0n) is 11.6. The molecule has 0 aromatic heterocycles. The van der Waals surface area contributed by atoms with E-state index in [0.29, 0.717) is 16.1 Å². The Balaban J connectivity index is 1.54. The zero-order valence-corrected chi connectivity index (χ0v) is 13.1. The van der Waals surface area contributed by atoms with Crippen LogP contribution in [0.3, 0.4) is 0 Å². The molecule has 0 amide bonds. The van der Waals surface area contributed by atoms with Crippen LogP contribution in [0.25, 0.3) is 0 Å². The monoisotopic (exact) mass is 313 g/mol. The molecule has 0 bridgehead atoms. The summed E-state index contributed by atoms with van der Waals surface area (Å²) in [5.41, 5.74) is 1.12. The Morgan fingerprint density at radius 1 is 1.15 bits per heavy atom. The lowest BCUT2D eigenvalue weighted by molar-refractivity contribution is -0.0588. The first kappa shape index (κ1) is 14.5. The van der Waals surface area contributed by atoms with Crippen molar-refractivity contribution in [3.8, 4) is 0 Å². The van der Waals surface area contributed by atoms with Gasteiger partial charge in [-0.15, -0.1) is 0 Å². The first-order valence-electron chi connectivity index (χ1n) is 7.54. The van der Waals surface area contributed by atoms with Crippen molar-refractivity contribution in [2.75, 3.05) is 11.9 Å². The van der Waals surface area contributed by atoms with Crippen LogP contribution < -0.4 is 5.32 Å². The van der Waals surface area contributed by atoms with Crippen LogP contribution in [0.4, 0.5) is 5.69 Å². The van der Waals surface area contributed by atoms with Gasteiger partial charge in [0.2, 0.25) is 0 Å². The summed E-state index contributed by atoms with van der Waals surface area (Å²) >= 11 is 12.1. The summed E-state index contributed by atoms with van der Waals surface area (Å²) in [6.07, 6.45) is 9.17. The molecule has 1 N–H and O–H groups in total. The number of ether oxygens (including phenoxy) is 1. The molecule has 2 nitrogen and oxygen atoms in total. The van der Waals surface area contributed by atoms with Crippen LogP contribution in [0.5, 0.6) is 0 Å².